The molecule has 0 aromatic heterocycles. The standard InChI is InChI=1S/C10H21N3/c1-3-7-12-8-5-10-13(2)9-4-6-11/h12H,3-5,7-10H2,1-2H3. The molecule has 3 nitrogen and oxygen atoms in total. The molecule has 13 heavy (non-hydrogen) atoms. The number of nitrogens with zero attached hydrogens (tertiary/aromatic N) is 2. The molecule has 0 unspecified atom stereocenters. The van der Waals surface area contributed by atoms with E-state index in [4.69, 9.17) is 5.26 Å². The van der Waals surface area contributed by atoms with Crippen LogP contribution in [0.5, 0.6) is 0 Å². The van der Waals surface area contributed by atoms with E-state index in [1.807, 2.05) is 0 Å². The molecule has 0 bridgehead atoms. The number of hydrogen-bond donors (Lipinski definition) is 1. The topological polar surface area (TPSA) is 39.1 Å². The lowest BCUT2D eigenvalue weighted by atomic mass is 10.3. The summed E-state index contributed by atoms with van der Waals surface area (Å²) in [6.07, 6.45) is 3.01. The van der Waals surface area contributed by atoms with Crippen molar-refractivity contribution < 1.29 is 0 Å². The van der Waals surface area contributed by atoms with Gasteiger partial charge in [-0.2, -0.15) is 5.26 Å². The van der Waals surface area contributed by atoms with Gasteiger partial charge >= 0.3 is 0 Å². The minimum absolute atomic E-state index is 0.638. The maximum absolute atomic E-state index is 8.37. The molecular formula is C10H21N3. The van der Waals surface area contributed by atoms with Gasteiger partial charge in [-0.05, 0) is 39.5 Å². The molecule has 1 N–H and O–H groups in total. The minimum atomic E-state index is 0.638. The Labute approximate surface area is 81.7 Å². The molecule has 0 saturated carbocycles. The van der Waals surface area contributed by atoms with E-state index in [1.165, 1.54) is 12.8 Å². The average Bonchev–Trinajstić information content (AvgIpc) is 2.14. The summed E-state index contributed by atoms with van der Waals surface area (Å²) in [4.78, 5) is 2.21. The van der Waals surface area contributed by atoms with Crippen molar-refractivity contribution in [2.45, 2.75) is 26.2 Å². The third-order valence-electron chi connectivity index (χ3n) is 1.93. The smallest absolute Gasteiger partial charge is 0.0635 e. The largest absolute Gasteiger partial charge is 0.317 e. The molecule has 0 spiro atoms. The second-order valence-corrected chi connectivity index (χ2v) is 3.31. The first-order chi connectivity index (χ1) is 6.31. The normalized spacial score (nSPS) is 10.3. The Kier molecular flexibility index (Phi) is 9.07. The van der Waals surface area contributed by atoms with Crippen molar-refractivity contribution in [3.63, 3.8) is 0 Å². The second kappa shape index (κ2) is 9.50. The molecule has 0 amide bonds. The Balaban J connectivity index is 3.08. The summed E-state index contributed by atoms with van der Waals surface area (Å²) < 4.78 is 0. The van der Waals surface area contributed by atoms with Crippen molar-refractivity contribution in [1.82, 2.24) is 10.2 Å². The van der Waals surface area contributed by atoms with Gasteiger partial charge in [-0.15, -0.1) is 0 Å². The van der Waals surface area contributed by atoms with Gasteiger partial charge in [0, 0.05) is 13.0 Å². The van der Waals surface area contributed by atoms with Crippen LogP contribution >= 0.6 is 0 Å². The predicted octanol–water partition coefficient (Wildman–Crippen LogP) is 1.22. The lowest BCUT2D eigenvalue weighted by Gasteiger charge is -2.14. The lowest BCUT2D eigenvalue weighted by molar-refractivity contribution is 0.334. The second-order valence-electron chi connectivity index (χ2n) is 3.31. The number of rotatable bonds is 8. The fourth-order valence-corrected chi connectivity index (χ4v) is 1.13. The molecule has 0 aromatic carbocycles. The van der Waals surface area contributed by atoms with Crippen LogP contribution in [0.25, 0.3) is 0 Å². The highest BCUT2D eigenvalue weighted by molar-refractivity contribution is 4.70. The van der Waals surface area contributed by atoms with Gasteiger partial charge in [0.05, 0.1) is 6.07 Å². The van der Waals surface area contributed by atoms with E-state index in [9.17, 15) is 0 Å². The summed E-state index contributed by atoms with van der Waals surface area (Å²) in [5.41, 5.74) is 0. The van der Waals surface area contributed by atoms with Crippen LogP contribution in [0.4, 0.5) is 0 Å². The Bertz CT molecular complexity index is 140. The van der Waals surface area contributed by atoms with E-state index < -0.39 is 0 Å². The summed E-state index contributed by atoms with van der Waals surface area (Å²) in [6, 6.07) is 2.15. The number of nitriles is 1. The van der Waals surface area contributed by atoms with E-state index in [0.29, 0.717) is 6.42 Å². The van der Waals surface area contributed by atoms with Gasteiger partial charge < -0.3 is 10.2 Å². The van der Waals surface area contributed by atoms with Crippen LogP contribution in [0.3, 0.4) is 0 Å². The van der Waals surface area contributed by atoms with Gasteiger partial charge in [-0.1, -0.05) is 6.92 Å². The molecule has 0 fully saturated rings. The fourth-order valence-electron chi connectivity index (χ4n) is 1.13. The van der Waals surface area contributed by atoms with Gasteiger partial charge in [0.15, 0.2) is 0 Å². The molecule has 0 aliphatic heterocycles. The summed E-state index contributed by atoms with van der Waals surface area (Å²) in [5.74, 6) is 0. The van der Waals surface area contributed by atoms with Gasteiger partial charge in [0.1, 0.15) is 0 Å². The zero-order chi connectivity index (χ0) is 9.94. The molecule has 3 heteroatoms. The Morgan fingerprint density at radius 1 is 1.31 bits per heavy atom. The van der Waals surface area contributed by atoms with Crippen molar-refractivity contribution in [3.8, 4) is 6.07 Å². The van der Waals surface area contributed by atoms with Crippen LogP contribution in [0.2, 0.25) is 0 Å². The quantitative estimate of drug-likeness (QED) is 0.575. The highest BCUT2D eigenvalue weighted by Gasteiger charge is 1.96. The van der Waals surface area contributed by atoms with Crippen LogP contribution in [0, 0.1) is 11.3 Å². The van der Waals surface area contributed by atoms with Crippen molar-refractivity contribution in [2.75, 3.05) is 33.2 Å². The van der Waals surface area contributed by atoms with Gasteiger partial charge in [-0.25, -0.2) is 0 Å². The molecule has 0 rings (SSSR count). The summed E-state index contributed by atoms with van der Waals surface area (Å²) in [5, 5.41) is 11.7. The molecule has 0 aliphatic rings. The zero-order valence-corrected chi connectivity index (χ0v) is 8.84. The molecule has 76 valence electrons. The predicted molar refractivity (Wildman–Crippen MR) is 55.5 cm³/mol. The van der Waals surface area contributed by atoms with Crippen LogP contribution in [-0.4, -0.2) is 38.1 Å². The van der Waals surface area contributed by atoms with E-state index in [0.717, 1.165) is 26.2 Å². The van der Waals surface area contributed by atoms with E-state index in [2.05, 4.69) is 30.3 Å². The van der Waals surface area contributed by atoms with Gasteiger partial charge in [-0.3, -0.25) is 0 Å². The summed E-state index contributed by atoms with van der Waals surface area (Å²) in [6.45, 7) is 6.35. The van der Waals surface area contributed by atoms with Crippen LogP contribution in [-0.2, 0) is 0 Å². The Hall–Kier alpha value is -0.590. The Morgan fingerprint density at radius 3 is 2.69 bits per heavy atom. The number of nitrogens with one attached hydrogen (secondary N) is 1. The third-order valence-corrected chi connectivity index (χ3v) is 1.93. The first kappa shape index (κ1) is 12.4. The molecule has 0 radical (unpaired) electrons. The maximum Gasteiger partial charge on any atom is 0.0635 e. The van der Waals surface area contributed by atoms with Gasteiger partial charge in [0.2, 0.25) is 0 Å². The van der Waals surface area contributed by atoms with E-state index in [-0.39, 0.29) is 0 Å². The number of hydrogen-bond acceptors (Lipinski definition) is 3. The monoisotopic (exact) mass is 183 g/mol. The molecule has 0 heterocycles. The molecule has 0 aliphatic carbocycles. The van der Waals surface area contributed by atoms with Crippen molar-refractivity contribution >= 4 is 0 Å². The summed E-state index contributed by atoms with van der Waals surface area (Å²) in [7, 11) is 2.07. The highest BCUT2D eigenvalue weighted by Crippen LogP contribution is 1.88. The molecular weight excluding hydrogens is 162 g/mol. The first-order valence-corrected chi connectivity index (χ1v) is 5.07. The van der Waals surface area contributed by atoms with E-state index >= 15 is 0 Å². The van der Waals surface area contributed by atoms with Crippen molar-refractivity contribution in [2.24, 2.45) is 0 Å². The molecule has 0 aromatic rings. The minimum Gasteiger partial charge on any atom is -0.317 e. The average molecular weight is 183 g/mol. The van der Waals surface area contributed by atoms with Crippen LogP contribution < -0.4 is 5.32 Å². The van der Waals surface area contributed by atoms with E-state index in [1.54, 1.807) is 0 Å². The van der Waals surface area contributed by atoms with Gasteiger partial charge in [0.25, 0.3) is 0 Å². The maximum atomic E-state index is 8.37. The first-order valence-electron chi connectivity index (χ1n) is 5.07. The lowest BCUT2D eigenvalue weighted by Crippen LogP contribution is -2.25. The fraction of sp³-hybridized carbons (Fsp3) is 0.900. The van der Waals surface area contributed by atoms with Crippen molar-refractivity contribution in [3.05, 3.63) is 0 Å². The third kappa shape index (κ3) is 9.32. The SMILES string of the molecule is CCCNCCCN(C)CCC#N. The Morgan fingerprint density at radius 2 is 2.08 bits per heavy atom. The summed E-state index contributed by atoms with van der Waals surface area (Å²) >= 11 is 0. The molecule has 0 atom stereocenters. The van der Waals surface area contributed by atoms with Crippen LogP contribution in [0.15, 0.2) is 0 Å². The highest BCUT2D eigenvalue weighted by atomic mass is 15.1. The van der Waals surface area contributed by atoms with Crippen LogP contribution in [0.1, 0.15) is 26.2 Å². The zero-order valence-electron chi connectivity index (χ0n) is 8.84. The van der Waals surface area contributed by atoms with Crippen molar-refractivity contribution in [1.29, 1.82) is 5.26 Å². The molecule has 0 saturated heterocycles.